The van der Waals surface area contributed by atoms with Crippen LogP contribution in [-0.4, -0.2) is 28.3 Å². The molecule has 0 bridgehead atoms. The van der Waals surface area contributed by atoms with E-state index in [1.165, 1.54) is 12.8 Å². The van der Waals surface area contributed by atoms with Gasteiger partial charge in [-0.25, -0.2) is 4.98 Å². The standard InChI is InChI=1S/C12H20N4/c1-9(2)11-8-14-16-12(15-11)7-10-3-5-13-6-4-10/h8-10,13H,3-7H2,1-2H3. The van der Waals surface area contributed by atoms with E-state index in [0.29, 0.717) is 5.92 Å². The Morgan fingerprint density at radius 1 is 1.38 bits per heavy atom. The van der Waals surface area contributed by atoms with Gasteiger partial charge < -0.3 is 5.32 Å². The molecule has 4 nitrogen and oxygen atoms in total. The fourth-order valence-electron chi connectivity index (χ4n) is 2.06. The average molecular weight is 220 g/mol. The summed E-state index contributed by atoms with van der Waals surface area (Å²) < 4.78 is 0. The monoisotopic (exact) mass is 220 g/mol. The Balaban J connectivity index is 2.00. The van der Waals surface area contributed by atoms with E-state index in [-0.39, 0.29) is 0 Å². The van der Waals surface area contributed by atoms with Crippen molar-refractivity contribution in [3.8, 4) is 0 Å². The summed E-state index contributed by atoms with van der Waals surface area (Å²) >= 11 is 0. The summed E-state index contributed by atoms with van der Waals surface area (Å²) in [7, 11) is 0. The molecule has 0 spiro atoms. The smallest absolute Gasteiger partial charge is 0.151 e. The van der Waals surface area contributed by atoms with Crippen molar-refractivity contribution >= 4 is 0 Å². The molecule has 1 aromatic rings. The summed E-state index contributed by atoms with van der Waals surface area (Å²) in [5.74, 6) is 2.07. The molecule has 4 heteroatoms. The third-order valence-corrected chi connectivity index (χ3v) is 3.14. The van der Waals surface area contributed by atoms with Crippen LogP contribution < -0.4 is 5.32 Å². The Morgan fingerprint density at radius 2 is 2.12 bits per heavy atom. The molecule has 0 saturated carbocycles. The lowest BCUT2D eigenvalue weighted by Crippen LogP contribution is -2.29. The van der Waals surface area contributed by atoms with Crippen LogP contribution in [0, 0.1) is 5.92 Å². The topological polar surface area (TPSA) is 50.7 Å². The van der Waals surface area contributed by atoms with Crippen molar-refractivity contribution in [3.63, 3.8) is 0 Å². The van der Waals surface area contributed by atoms with Crippen molar-refractivity contribution in [3.05, 3.63) is 17.7 Å². The molecular weight excluding hydrogens is 200 g/mol. The lowest BCUT2D eigenvalue weighted by molar-refractivity contribution is 0.365. The summed E-state index contributed by atoms with van der Waals surface area (Å²) in [6.07, 6.45) is 5.22. The van der Waals surface area contributed by atoms with E-state index in [0.717, 1.165) is 36.9 Å². The number of rotatable bonds is 3. The van der Waals surface area contributed by atoms with Crippen LogP contribution in [0.2, 0.25) is 0 Å². The predicted octanol–water partition coefficient (Wildman–Crippen LogP) is 1.54. The zero-order chi connectivity index (χ0) is 11.4. The number of nitrogens with zero attached hydrogens (tertiary/aromatic N) is 3. The molecule has 1 aliphatic rings. The molecule has 1 fully saturated rings. The second kappa shape index (κ2) is 5.34. The molecule has 16 heavy (non-hydrogen) atoms. The zero-order valence-corrected chi connectivity index (χ0v) is 10.1. The van der Waals surface area contributed by atoms with Crippen LogP contribution in [0.25, 0.3) is 0 Å². The van der Waals surface area contributed by atoms with E-state index < -0.39 is 0 Å². The molecule has 2 rings (SSSR count). The Morgan fingerprint density at radius 3 is 2.81 bits per heavy atom. The number of nitrogens with one attached hydrogen (secondary N) is 1. The van der Waals surface area contributed by atoms with Crippen LogP contribution in [0.3, 0.4) is 0 Å². The van der Waals surface area contributed by atoms with E-state index >= 15 is 0 Å². The predicted molar refractivity (Wildman–Crippen MR) is 63.2 cm³/mol. The molecule has 0 aliphatic carbocycles. The first-order chi connectivity index (χ1) is 7.75. The van der Waals surface area contributed by atoms with E-state index in [1.807, 2.05) is 0 Å². The maximum absolute atomic E-state index is 4.57. The number of aromatic nitrogens is 3. The van der Waals surface area contributed by atoms with Gasteiger partial charge >= 0.3 is 0 Å². The highest BCUT2D eigenvalue weighted by Gasteiger charge is 2.15. The van der Waals surface area contributed by atoms with Gasteiger partial charge in [-0.3, -0.25) is 0 Å². The van der Waals surface area contributed by atoms with E-state index in [9.17, 15) is 0 Å². The SMILES string of the molecule is CC(C)c1cnnc(CC2CCNCC2)n1. The normalized spacial score (nSPS) is 17.9. The summed E-state index contributed by atoms with van der Waals surface area (Å²) in [4.78, 5) is 4.57. The summed E-state index contributed by atoms with van der Waals surface area (Å²) in [5.41, 5.74) is 1.05. The summed E-state index contributed by atoms with van der Waals surface area (Å²) in [6, 6.07) is 0. The summed E-state index contributed by atoms with van der Waals surface area (Å²) in [5, 5.41) is 11.6. The molecule has 0 atom stereocenters. The van der Waals surface area contributed by atoms with E-state index in [4.69, 9.17) is 0 Å². The first-order valence-corrected chi connectivity index (χ1v) is 6.15. The Kier molecular flexibility index (Phi) is 3.83. The number of piperidine rings is 1. The van der Waals surface area contributed by atoms with Gasteiger partial charge in [0.25, 0.3) is 0 Å². The van der Waals surface area contributed by atoms with Crippen LogP contribution >= 0.6 is 0 Å². The van der Waals surface area contributed by atoms with Crippen molar-refractivity contribution in [1.82, 2.24) is 20.5 Å². The molecular formula is C12H20N4. The Bertz CT molecular complexity index is 332. The lowest BCUT2D eigenvalue weighted by Gasteiger charge is -2.21. The fourth-order valence-corrected chi connectivity index (χ4v) is 2.06. The van der Waals surface area contributed by atoms with Crippen LogP contribution in [0.5, 0.6) is 0 Å². The Hall–Kier alpha value is -1.03. The lowest BCUT2D eigenvalue weighted by atomic mass is 9.94. The third-order valence-electron chi connectivity index (χ3n) is 3.14. The van der Waals surface area contributed by atoms with Crippen LogP contribution in [0.4, 0.5) is 0 Å². The molecule has 0 radical (unpaired) electrons. The van der Waals surface area contributed by atoms with Gasteiger partial charge in [0.1, 0.15) is 0 Å². The average Bonchev–Trinajstić information content (AvgIpc) is 2.30. The molecule has 1 N–H and O–H groups in total. The van der Waals surface area contributed by atoms with Gasteiger partial charge in [-0.1, -0.05) is 13.8 Å². The zero-order valence-electron chi connectivity index (χ0n) is 10.1. The van der Waals surface area contributed by atoms with Crippen molar-refractivity contribution in [2.75, 3.05) is 13.1 Å². The molecule has 0 amide bonds. The number of hydrogen-bond acceptors (Lipinski definition) is 4. The van der Waals surface area contributed by atoms with Gasteiger partial charge in [0.2, 0.25) is 0 Å². The molecule has 0 unspecified atom stereocenters. The van der Waals surface area contributed by atoms with Gasteiger partial charge in [-0.15, -0.1) is 5.10 Å². The Labute approximate surface area is 96.9 Å². The second-order valence-electron chi connectivity index (χ2n) is 4.85. The third kappa shape index (κ3) is 2.98. The molecule has 1 saturated heterocycles. The van der Waals surface area contributed by atoms with Crippen molar-refractivity contribution in [2.45, 2.75) is 39.0 Å². The summed E-state index contributed by atoms with van der Waals surface area (Å²) in [6.45, 7) is 6.53. The molecule has 2 heterocycles. The van der Waals surface area contributed by atoms with E-state index in [2.05, 4.69) is 34.3 Å². The molecule has 1 aromatic heterocycles. The highest BCUT2D eigenvalue weighted by Crippen LogP contribution is 2.16. The maximum Gasteiger partial charge on any atom is 0.151 e. The van der Waals surface area contributed by atoms with Gasteiger partial charge in [0.05, 0.1) is 11.9 Å². The van der Waals surface area contributed by atoms with E-state index in [1.54, 1.807) is 6.20 Å². The minimum atomic E-state index is 0.433. The maximum atomic E-state index is 4.57. The highest BCUT2D eigenvalue weighted by atomic mass is 15.1. The molecule has 88 valence electrons. The van der Waals surface area contributed by atoms with Gasteiger partial charge in [-0.2, -0.15) is 5.10 Å². The molecule has 1 aliphatic heterocycles. The van der Waals surface area contributed by atoms with Gasteiger partial charge in [0, 0.05) is 6.42 Å². The minimum Gasteiger partial charge on any atom is -0.317 e. The first kappa shape index (κ1) is 11.5. The van der Waals surface area contributed by atoms with Gasteiger partial charge in [0.15, 0.2) is 5.82 Å². The fraction of sp³-hybridized carbons (Fsp3) is 0.750. The van der Waals surface area contributed by atoms with Crippen molar-refractivity contribution in [2.24, 2.45) is 5.92 Å². The quantitative estimate of drug-likeness (QED) is 0.839. The van der Waals surface area contributed by atoms with Crippen LogP contribution in [-0.2, 0) is 6.42 Å². The first-order valence-electron chi connectivity index (χ1n) is 6.15. The van der Waals surface area contributed by atoms with Crippen molar-refractivity contribution in [1.29, 1.82) is 0 Å². The largest absolute Gasteiger partial charge is 0.317 e. The van der Waals surface area contributed by atoms with Crippen LogP contribution in [0.15, 0.2) is 6.20 Å². The van der Waals surface area contributed by atoms with Crippen LogP contribution in [0.1, 0.15) is 44.1 Å². The molecule has 0 aromatic carbocycles. The highest BCUT2D eigenvalue weighted by molar-refractivity contribution is 5.02. The number of hydrogen-bond donors (Lipinski definition) is 1. The van der Waals surface area contributed by atoms with Crippen molar-refractivity contribution < 1.29 is 0 Å². The van der Waals surface area contributed by atoms with Gasteiger partial charge in [-0.05, 0) is 37.8 Å². The second-order valence-corrected chi connectivity index (χ2v) is 4.85. The minimum absolute atomic E-state index is 0.433.